The lowest BCUT2D eigenvalue weighted by Crippen LogP contribution is -2.34. The Morgan fingerprint density at radius 1 is 1.19 bits per heavy atom. The zero-order valence-electron chi connectivity index (χ0n) is 17.8. The molecule has 0 unspecified atom stereocenters. The predicted octanol–water partition coefficient (Wildman–Crippen LogP) is 4.96. The minimum atomic E-state index is -0.295. The summed E-state index contributed by atoms with van der Waals surface area (Å²) in [6.07, 6.45) is 4.15. The molecular weight excluding hydrogens is 397 g/mol. The molecule has 0 aliphatic carbocycles. The van der Waals surface area contributed by atoms with Gasteiger partial charge in [-0.15, -0.1) is 0 Å². The molecule has 4 rings (SSSR count). The molecule has 164 valence electrons. The number of aromatic nitrogens is 1. The van der Waals surface area contributed by atoms with E-state index in [9.17, 15) is 9.18 Å². The minimum Gasteiger partial charge on any atom is -0.494 e. The van der Waals surface area contributed by atoms with Crippen molar-refractivity contribution in [1.82, 2.24) is 10.1 Å². The Morgan fingerprint density at radius 2 is 1.97 bits per heavy atom. The summed E-state index contributed by atoms with van der Waals surface area (Å²) < 4.78 is 24.5. The first-order valence-electron chi connectivity index (χ1n) is 10.9. The first-order chi connectivity index (χ1) is 15.1. The molecule has 1 N–H and O–H groups in total. The zero-order valence-corrected chi connectivity index (χ0v) is 17.8. The van der Waals surface area contributed by atoms with E-state index in [2.05, 4.69) is 15.4 Å². The van der Waals surface area contributed by atoms with Gasteiger partial charge in [0.2, 0.25) is 5.91 Å². The number of nitrogens with one attached hydrogen (secondary N) is 1. The second-order valence-corrected chi connectivity index (χ2v) is 8.09. The van der Waals surface area contributed by atoms with E-state index in [1.54, 1.807) is 6.07 Å². The molecule has 31 heavy (non-hydrogen) atoms. The molecule has 1 aliphatic heterocycles. The van der Waals surface area contributed by atoms with Gasteiger partial charge in [-0.2, -0.15) is 0 Å². The number of piperidine rings is 1. The van der Waals surface area contributed by atoms with E-state index < -0.39 is 0 Å². The number of hydrogen-bond acceptors (Lipinski definition) is 5. The molecule has 2 heterocycles. The third-order valence-corrected chi connectivity index (χ3v) is 5.75. The van der Waals surface area contributed by atoms with Gasteiger partial charge in [0.1, 0.15) is 11.6 Å². The van der Waals surface area contributed by atoms with Crippen LogP contribution in [-0.4, -0.2) is 42.2 Å². The second-order valence-electron chi connectivity index (χ2n) is 8.09. The summed E-state index contributed by atoms with van der Waals surface area (Å²) in [7, 11) is 0. The highest BCUT2D eigenvalue weighted by atomic mass is 19.1. The molecule has 1 amide bonds. The van der Waals surface area contributed by atoms with Crippen LogP contribution in [0.3, 0.4) is 0 Å². The fraction of sp³-hybridized carbons (Fsp3) is 0.417. The van der Waals surface area contributed by atoms with Crippen LogP contribution in [0.4, 0.5) is 10.1 Å². The number of rotatable bonds is 8. The number of halogens is 1. The molecule has 0 bridgehead atoms. The van der Waals surface area contributed by atoms with Gasteiger partial charge in [-0.25, -0.2) is 4.39 Å². The Kier molecular flexibility index (Phi) is 6.82. The quantitative estimate of drug-likeness (QED) is 0.517. The van der Waals surface area contributed by atoms with Crippen LogP contribution >= 0.6 is 0 Å². The maximum atomic E-state index is 13.3. The molecule has 1 saturated heterocycles. The van der Waals surface area contributed by atoms with E-state index in [0.29, 0.717) is 18.1 Å². The van der Waals surface area contributed by atoms with Gasteiger partial charge < -0.3 is 19.5 Å². The minimum absolute atomic E-state index is 0.0810. The number of carbonyl (C=O) groups is 1. The monoisotopic (exact) mass is 425 g/mol. The standard InChI is InChI=1S/C24H28FN3O3/c1-17(29)26-20-5-7-21(8-6-20)30-15-3-2-12-28-13-10-18(11-14-28)24-22-9-4-19(25)16-23(22)31-27-24/h4-9,16,18H,2-3,10-15H2,1H3,(H,26,29). The normalized spacial score (nSPS) is 15.3. The SMILES string of the molecule is CC(=O)Nc1ccc(OCCCCN2CCC(c3noc4cc(F)ccc34)CC2)cc1. The van der Waals surface area contributed by atoms with Crippen molar-refractivity contribution in [3.8, 4) is 5.75 Å². The average molecular weight is 426 g/mol. The van der Waals surface area contributed by atoms with E-state index >= 15 is 0 Å². The number of hydrogen-bond donors (Lipinski definition) is 1. The van der Waals surface area contributed by atoms with E-state index in [1.807, 2.05) is 24.3 Å². The summed E-state index contributed by atoms with van der Waals surface area (Å²) in [5.41, 5.74) is 2.27. The van der Waals surface area contributed by atoms with Gasteiger partial charge in [-0.3, -0.25) is 4.79 Å². The molecule has 0 radical (unpaired) electrons. The molecule has 6 nitrogen and oxygen atoms in total. The van der Waals surface area contributed by atoms with Gasteiger partial charge in [0.25, 0.3) is 0 Å². The highest BCUT2D eigenvalue weighted by Gasteiger charge is 2.24. The van der Waals surface area contributed by atoms with Gasteiger partial charge in [-0.1, -0.05) is 5.16 Å². The predicted molar refractivity (Wildman–Crippen MR) is 118 cm³/mol. The van der Waals surface area contributed by atoms with Crippen LogP contribution in [0.25, 0.3) is 11.0 Å². The first kappa shape index (κ1) is 21.3. The Morgan fingerprint density at radius 3 is 2.71 bits per heavy atom. The molecule has 7 heteroatoms. The van der Waals surface area contributed by atoms with Gasteiger partial charge in [0, 0.05) is 30.0 Å². The number of fused-ring (bicyclic) bond motifs is 1. The van der Waals surface area contributed by atoms with Gasteiger partial charge in [0.05, 0.1) is 12.3 Å². The van der Waals surface area contributed by atoms with Gasteiger partial charge in [-0.05, 0) is 81.7 Å². The highest BCUT2D eigenvalue weighted by Crippen LogP contribution is 2.32. The van der Waals surface area contributed by atoms with Crippen molar-refractivity contribution in [2.24, 2.45) is 0 Å². The Balaban J connectivity index is 1.15. The molecule has 1 aromatic heterocycles. The number of ether oxygens (including phenoxy) is 1. The number of amides is 1. The molecule has 2 aromatic carbocycles. The summed E-state index contributed by atoms with van der Waals surface area (Å²) >= 11 is 0. The number of likely N-dealkylation sites (tertiary alicyclic amines) is 1. The number of nitrogens with zero attached hydrogens (tertiary/aromatic N) is 2. The van der Waals surface area contributed by atoms with Crippen LogP contribution in [0, 0.1) is 5.82 Å². The van der Waals surface area contributed by atoms with Crippen LogP contribution < -0.4 is 10.1 Å². The Labute approximate surface area is 181 Å². The van der Waals surface area contributed by atoms with Crippen molar-refractivity contribution in [3.05, 3.63) is 54.0 Å². The number of carbonyl (C=O) groups excluding carboxylic acids is 1. The van der Waals surface area contributed by atoms with E-state index in [4.69, 9.17) is 9.26 Å². The highest BCUT2D eigenvalue weighted by molar-refractivity contribution is 5.88. The topological polar surface area (TPSA) is 67.6 Å². The van der Waals surface area contributed by atoms with E-state index in [1.165, 1.54) is 19.1 Å². The molecule has 0 spiro atoms. The summed E-state index contributed by atoms with van der Waals surface area (Å²) in [5, 5.41) is 7.90. The largest absolute Gasteiger partial charge is 0.494 e. The van der Waals surface area contributed by atoms with Crippen LogP contribution in [0.1, 0.15) is 44.2 Å². The molecule has 0 atom stereocenters. The summed E-state index contributed by atoms with van der Waals surface area (Å²) in [6.45, 7) is 5.29. The van der Waals surface area contributed by atoms with Crippen LogP contribution in [0.15, 0.2) is 47.0 Å². The zero-order chi connectivity index (χ0) is 21.6. The third kappa shape index (κ3) is 5.61. The fourth-order valence-electron chi connectivity index (χ4n) is 4.12. The summed E-state index contributed by atoms with van der Waals surface area (Å²) in [5.74, 6) is 0.805. The van der Waals surface area contributed by atoms with Crippen molar-refractivity contribution in [2.75, 3.05) is 31.6 Å². The van der Waals surface area contributed by atoms with Crippen molar-refractivity contribution in [1.29, 1.82) is 0 Å². The van der Waals surface area contributed by atoms with E-state index in [0.717, 1.165) is 67.8 Å². The van der Waals surface area contributed by atoms with Gasteiger partial charge in [0.15, 0.2) is 5.58 Å². The third-order valence-electron chi connectivity index (χ3n) is 5.75. The van der Waals surface area contributed by atoms with Crippen molar-refractivity contribution in [3.63, 3.8) is 0 Å². The average Bonchev–Trinajstić information content (AvgIpc) is 3.18. The summed E-state index contributed by atoms with van der Waals surface area (Å²) in [6, 6.07) is 12.1. The number of benzene rings is 2. The molecule has 3 aromatic rings. The van der Waals surface area contributed by atoms with Crippen LogP contribution in [0.2, 0.25) is 0 Å². The molecule has 1 fully saturated rings. The van der Waals surface area contributed by atoms with Crippen molar-refractivity contribution >= 4 is 22.6 Å². The van der Waals surface area contributed by atoms with Gasteiger partial charge >= 0.3 is 0 Å². The van der Waals surface area contributed by atoms with Crippen LogP contribution in [-0.2, 0) is 4.79 Å². The lowest BCUT2D eigenvalue weighted by Gasteiger charge is -2.31. The number of unbranched alkanes of at least 4 members (excludes halogenated alkanes) is 1. The number of anilines is 1. The Bertz CT molecular complexity index is 1010. The Hall–Kier alpha value is -2.93. The smallest absolute Gasteiger partial charge is 0.221 e. The first-order valence-corrected chi connectivity index (χ1v) is 10.9. The maximum Gasteiger partial charge on any atom is 0.221 e. The molecule has 1 aliphatic rings. The van der Waals surface area contributed by atoms with Crippen LogP contribution in [0.5, 0.6) is 5.75 Å². The van der Waals surface area contributed by atoms with Crippen molar-refractivity contribution < 1.29 is 18.4 Å². The lowest BCUT2D eigenvalue weighted by molar-refractivity contribution is -0.114. The second kappa shape index (κ2) is 9.92. The van der Waals surface area contributed by atoms with E-state index in [-0.39, 0.29) is 11.7 Å². The summed E-state index contributed by atoms with van der Waals surface area (Å²) in [4.78, 5) is 13.5. The fourth-order valence-corrected chi connectivity index (χ4v) is 4.12. The molecule has 0 saturated carbocycles. The maximum absolute atomic E-state index is 13.3. The lowest BCUT2D eigenvalue weighted by atomic mass is 9.91. The van der Waals surface area contributed by atoms with Crippen molar-refractivity contribution in [2.45, 2.75) is 38.5 Å². The molecular formula is C24H28FN3O3.